The monoisotopic (exact) mass is 275 g/mol. The third-order valence-electron chi connectivity index (χ3n) is 3.15. The maximum atomic E-state index is 4.10. The molecule has 1 saturated carbocycles. The molecule has 6 heteroatoms. The van der Waals surface area contributed by atoms with Crippen molar-refractivity contribution < 1.29 is 0 Å². The second-order valence-electron chi connectivity index (χ2n) is 4.99. The topological polar surface area (TPSA) is 46.8 Å². The predicted molar refractivity (Wildman–Crippen MR) is 76.4 cm³/mol. The van der Waals surface area contributed by atoms with Crippen molar-refractivity contribution in [1.82, 2.24) is 20.2 Å². The first kappa shape index (κ1) is 12.5. The minimum absolute atomic E-state index is 0.533. The van der Waals surface area contributed by atoms with E-state index in [0.717, 1.165) is 10.9 Å². The first-order valence-electron chi connectivity index (χ1n) is 6.41. The van der Waals surface area contributed by atoms with Crippen LogP contribution in [0.5, 0.6) is 0 Å². The fourth-order valence-electron chi connectivity index (χ4n) is 1.90. The van der Waals surface area contributed by atoms with Crippen LogP contribution in [0.1, 0.15) is 24.4 Å². The third-order valence-corrected chi connectivity index (χ3v) is 4.15. The number of aromatic nitrogens is 4. The van der Waals surface area contributed by atoms with Crippen LogP contribution in [0.15, 0.2) is 29.4 Å². The summed E-state index contributed by atoms with van der Waals surface area (Å²) >= 11 is 1.70. The summed E-state index contributed by atoms with van der Waals surface area (Å²) in [5.74, 6) is 0.898. The normalized spacial score (nSPS) is 14.6. The maximum Gasteiger partial charge on any atom is 0.209 e. The molecular weight excluding hydrogens is 258 g/mol. The molecule has 0 radical (unpaired) electrons. The molecule has 3 rings (SSSR count). The van der Waals surface area contributed by atoms with Gasteiger partial charge in [0.1, 0.15) is 0 Å². The quantitative estimate of drug-likeness (QED) is 0.784. The smallest absolute Gasteiger partial charge is 0.209 e. The van der Waals surface area contributed by atoms with Crippen molar-refractivity contribution in [2.24, 2.45) is 0 Å². The van der Waals surface area contributed by atoms with Crippen LogP contribution in [0.2, 0.25) is 0 Å². The van der Waals surface area contributed by atoms with Gasteiger partial charge in [0, 0.05) is 25.5 Å². The van der Waals surface area contributed by atoms with Gasteiger partial charge in [-0.3, -0.25) is 0 Å². The fourth-order valence-corrected chi connectivity index (χ4v) is 2.79. The van der Waals surface area contributed by atoms with Crippen LogP contribution < -0.4 is 4.90 Å². The van der Waals surface area contributed by atoms with Crippen molar-refractivity contribution >= 4 is 17.4 Å². The summed E-state index contributed by atoms with van der Waals surface area (Å²) in [5, 5.41) is 12.9. The molecule has 5 nitrogen and oxygen atoms in total. The van der Waals surface area contributed by atoms with Gasteiger partial charge in [-0.1, -0.05) is 23.9 Å². The number of anilines is 1. The largest absolute Gasteiger partial charge is 0.378 e. The Morgan fingerprint density at radius 3 is 2.95 bits per heavy atom. The molecule has 1 aromatic heterocycles. The van der Waals surface area contributed by atoms with E-state index in [2.05, 4.69) is 58.8 Å². The Balaban J connectivity index is 1.68. The Morgan fingerprint density at radius 1 is 1.37 bits per heavy atom. The molecule has 0 amide bonds. The molecule has 0 spiro atoms. The average molecular weight is 275 g/mol. The first-order valence-corrected chi connectivity index (χ1v) is 7.39. The van der Waals surface area contributed by atoms with Gasteiger partial charge in [-0.05, 0) is 41.0 Å². The van der Waals surface area contributed by atoms with E-state index in [-0.39, 0.29) is 0 Å². The fraction of sp³-hybridized carbons (Fsp3) is 0.462. The summed E-state index contributed by atoms with van der Waals surface area (Å²) in [6.07, 6.45) is 2.41. The van der Waals surface area contributed by atoms with E-state index in [1.807, 2.05) is 4.68 Å². The maximum absolute atomic E-state index is 4.10. The highest BCUT2D eigenvalue weighted by Crippen LogP contribution is 2.36. The molecule has 2 aromatic rings. The Labute approximate surface area is 117 Å². The van der Waals surface area contributed by atoms with Crippen molar-refractivity contribution in [3.05, 3.63) is 29.8 Å². The first-order chi connectivity index (χ1) is 9.24. The van der Waals surface area contributed by atoms with E-state index in [9.17, 15) is 0 Å². The molecule has 1 aromatic carbocycles. The van der Waals surface area contributed by atoms with E-state index in [1.165, 1.54) is 24.1 Å². The third kappa shape index (κ3) is 2.89. The number of hydrogen-bond donors (Lipinski definition) is 0. The van der Waals surface area contributed by atoms with E-state index in [1.54, 1.807) is 11.8 Å². The second kappa shape index (κ2) is 5.21. The molecule has 1 aliphatic carbocycles. The summed E-state index contributed by atoms with van der Waals surface area (Å²) < 4.78 is 1.96. The standard InChI is InChI=1S/C13H17N5S/c1-17(2)12-5-3-4-10(8-12)9-19-13-14-15-16-18(13)11-6-7-11/h3-5,8,11H,6-7,9H2,1-2H3. The van der Waals surface area contributed by atoms with Crippen LogP contribution in [0, 0.1) is 0 Å². The van der Waals surface area contributed by atoms with Crippen LogP contribution >= 0.6 is 11.8 Å². The van der Waals surface area contributed by atoms with Gasteiger partial charge in [0.25, 0.3) is 0 Å². The Hall–Kier alpha value is -1.56. The summed E-state index contributed by atoms with van der Waals surface area (Å²) in [4.78, 5) is 2.11. The molecule has 0 aliphatic heterocycles. The molecule has 0 N–H and O–H groups in total. The minimum Gasteiger partial charge on any atom is -0.378 e. The zero-order chi connectivity index (χ0) is 13.2. The van der Waals surface area contributed by atoms with Crippen molar-refractivity contribution in [3.63, 3.8) is 0 Å². The Bertz CT molecular complexity index is 562. The van der Waals surface area contributed by atoms with Crippen molar-refractivity contribution in [2.45, 2.75) is 29.8 Å². The van der Waals surface area contributed by atoms with Gasteiger partial charge in [-0.15, -0.1) is 5.10 Å². The summed E-state index contributed by atoms with van der Waals surface area (Å²) in [5.41, 5.74) is 2.52. The lowest BCUT2D eigenvalue weighted by atomic mass is 10.2. The van der Waals surface area contributed by atoms with E-state index >= 15 is 0 Å². The molecule has 0 saturated heterocycles. The lowest BCUT2D eigenvalue weighted by Crippen LogP contribution is -2.08. The number of thioether (sulfide) groups is 1. The molecule has 100 valence electrons. The lowest BCUT2D eigenvalue weighted by molar-refractivity contribution is 0.565. The summed E-state index contributed by atoms with van der Waals surface area (Å²) in [7, 11) is 4.11. The molecule has 1 fully saturated rings. The van der Waals surface area contributed by atoms with Crippen molar-refractivity contribution in [3.8, 4) is 0 Å². The number of nitrogens with zero attached hydrogens (tertiary/aromatic N) is 5. The highest BCUT2D eigenvalue weighted by molar-refractivity contribution is 7.98. The van der Waals surface area contributed by atoms with E-state index < -0.39 is 0 Å². The van der Waals surface area contributed by atoms with Gasteiger partial charge < -0.3 is 4.90 Å². The zero-order valence-corrected chi connectivity index (χ0v) is 12.0. The van der Waals surface area contributed by atoms with Crippen LogP contribution in [-0.2, 0) is 5.75 Å². The van der Waals surface area contributed by atoms with Crippen molar-refractivity contribution in [1.29, 1.82) is 0 Å². The highest BCUT2D eigenvalue weighted by atomic mass is 32.2. The molecule has 1 aliphatic rings. The van der Waals surface area contributed by atoms with Gasteiger partial charge in [0.05, 0.1) is 6.04 Å². The highest BCUT2D eigenvalue weighted by Gasteiger charge is 2.27. The van der Waals surface area contributed by atoms with Crippen LogP contribution in [0.4, 0.5) is 5.69 Å². The Morgan fingerprint density at radius 2 is 2.21 bits per heavy atom. The van der Waals surface area contributed by atoms with Crippen molar-refractivity contribution in [2.75, 3.05) is 19.0 Å². The lowest BCUT2D eigenvalue weighted by Gasteiger charge is -2.13. The molecular formula is C13H17N5S. The minimum atomic E-state index is 0.533. The SMILES string of the molecule is CN(C)c1cccc(CSc2nnnn2C2CC2)c1. The van der Waals surface area contributed by atoms with Gasteiger partial charge in [0.2, 0.25) is 5.16 Å². The predicted octanol–water partition coefficient (Wildman–Crippen LogP) is 2.37. The number of hydrogen-bond acceptors (Lipinski definition) is 5. The molecule has 0 atom stereocenters. The molecule has 0 unspecified atom stereocenters. The Kier molecular flexibility index (Phi) is 3.42. The average Bonchev–Trinajstić information content (AvgIpc) is 3.16. The van der Waals surface area contributed by atoms with Crippen LogP contribution in [0.3, 0.4) is 0 Å². The molecule has 19 heavy (non-hydrogen) atoms. The van der Waals surface area contributed by atoms with Gasteiger partial charge in [0.15, 0.2) is 0 Å². The summed E-state index contributed by atoms with van der Waals surface area (Å²) in [6.45, 7) is 0. The molecule has 0 bridgehead atoms. The number of rotatable bonds is 5. The summed E-state index contributed by atoms with van der Waals surface area (Å²) in [6, 6.07) is 9.09. The number of benzene rings is 1. The van der Waals surface area contributed by atoms with E-state index in [4.69, 9.17) is 0 Å². The van der Waals surface area contributed by atoms with Gasteiger partial charge >= 0.3 is 0 Å². The van der Waals surface area contributed by atoms with Gasteiger partial charge in [-0.2, -0.15) is 0 Å². The zero-order valence-electron chi connectivity index (χ0n) is 11.2. The second-order valence-corrected chi connectivity index (χ2v) is 5.93. The van der Waals surface area contributed by atoms with Gasteiger partial charge in [-0.25, -0.2) is 4.68 Å². The molecule has 1 heterocycles. The number of tetrazole rings is 1. The van der Waals surface area contributed by atoms with Crippen LogP contribution in [0.25, 0.3) is 0 Å². The van der Waals surface area contributed by atoms with Crippen LogP contribution in [-0.4, -0.2) is 34.3 Å². The van der Waals surface area contributed by atoms with E-state index in [0.29, 0.717) is 6.04 Å².